The second-order valence-electron chi connectivity index (χ2n) is 4.91. The monoisotopic (exact) mass is 312 g/mol. The SMILES string of the molecule is CCOc1ccc(C(=O)N2CCN(S(C)(=O)=O)CC2)cc1. The van der Waals surface area contributed by atoms with Crippen molar-refractivity contribution in [1.29, 1.82) is 0 Å². The average molecular weight is 312 g/mol. The first-order valence-electron chi connectivity index (χ1n) is 6.89. The maximum Gasteiger partial charge on any atom is 0.253 e. The van der Waals surface area contributed by atoms with Crippen LogP contribution in [0.2, 0.25) is 0 Å². The number of carbonyl (C=O) groups excluding carboxylic acids is 1. The molecule has 0 radical (unpaired) electrons. The lowest BCUT2D eigenvalue weighted by Crippen LogP contribution is -2.50. The number of piperazine rings is 1. The largest absolute Gasteiger partial charge is 0.494 e. The van der Waals surface area contributed by atoms with Crippen LogP contribution in [0.15, 0.2) is 24.3 Å². The first kappa shape index (κ1) is 15.8. The molecule has 0 spiro atoms. The standard InChI is InChI=1S/C14H20N2O4S/c1-3-20-13-6-4-12(5-7-13)14(17)15-8-10-16(11-9-15)21(2,18)19/h4-7H,3,8-11H2,1-2H3. The van der Waals surface area contributed by atoms with Crippen molar-refractivity contribution in [2.24, 2.45) is 0 Å². The molecule has 21 heavy (non-hydrogen) atoms. The van der Waals surface area contributed by atoms with Gasteiger partial charge in [0.25, 0.3) is 5.91 Å². The van der Waals surface area contributed by atoms with Crippen LogP contribution in [0.5, 0.6) is 5.75 Å². The van der Waals surface area contributed by atoms with E-state index < -0.39 is 10.0 Å². The van der Waals surface area contributed by atoms with Crippen LogP contribution in [0, 0.1) is 0 Å². The number of hydrogen-bond acceptors (Lipinski definition) is 4. The molecule has 1 aliphatic rings. The molecule has 0 saturated carbocycles. The van der Waals surface area contributed by atoms with Crippen LogP contribution >= 0.6 is 0 Å². The Morgan fingerprint density at radius 1 is 1.14 bits per heavy atom. The third kappa shape index (κ3) is 3.95. The van der Waals surface area contributed by atoms with Crippen molar-refractivity contribution in [2.45, 2.75) is 6.92 Å². The number of benzene rings is 1. The Balaban J connectivity index is 1.98. The van der Waals surface area contributed by atoms with E-state index in [4.69, 9.17) is 4.74 Å². The quantitative estimate of drug-likeness (QED) is 0.825. The Bertz CT molecular complexity index is 590. The smallest absolute Gasteiger partial charge is 0.253 e. The van der Waals surface area contributed by atoms with Gasteiger partial charge in [-0.2, -0.15) is 4.31 Å². The molecule has 1 aromatic carbocycles. The van der Waals surface area contributed by atoms with E-state index in [1.54, 1.807) is 29.2 Å². The minimum atomic E-state index is -3.17. The highest BCUT2D eigenvalue weighted by Crippen LogP contribution is 2.15. The molecule has 0 aliphatic carbocycles. The number of amides is 1. The fraction of sp³-hybridized carbons (Fsp3) is 0.500. The summed E-state index contributed by atoms with van der Waals surface area (Å²) in [5.41, 5.74) is 0.589. The summed E-state index contributed by atoms with van der Waals surface area (Å²) < 4.78 is 29.6. The molecule has 1 saturated heterocycles. The summed E-state index contributed by atoms with van der Waals surface area (Å²) in [6.07, 6.45) is 1.19. The minimum Gasteiger partial charge on any atom is -0.494 e. The van der Waals surface area contributed by atoms with Gasteiger partial charge in [-0.05, 0) is 31.2 Å². The summed E-state index contributed by atoms with van der Waals surface area (Å²) in [5, 5.41) is 0. The number of sulfonamides is 1. The van der Waals surface area contributed by atoms with Crippen molar-refractivity contribution in [2.75, 3.05) is 39.0 Å². The molecule has 1 heterocycles. The van der Waals surface area contributed by atoms with Gasteiger partial charge in [0.05, 0.1) is 12.9 Å². The summed E-state index contributed by atoms with van der Waals surface area (Å²) in [6.45, 7) is 4.02. The first-order chi connectivity index (χ1) is 9.91. The van der Waals surface area contributed by atoms with E-state index in [-0.39, 0.29) is 5.91 Å². The number of ether oxygens (including phenoxy) is 1. The van der Waals surface area contributed by atoms with E-state index in [0.29, 0.717) is 38.3 Å². The number of hydrogen-bond donors (Lipinski definition) is 0. The Labute approximate surface area is 125 Å². The van der Waals surface area contributed by atoms with Gasteiger partial charge in [-0.25, -0.2) is 8.42 Å². The zero-order chi connectivity index (χ0) is 15.5. The van der Waals surface area contributed by atoms with Gasteiger partial charge in [-0.15, -0.1) is 0 Å². The van der Waals surface area contributed by atoms with Crippen molar-refractivity contribution in [1.82, 2.24) is 9.21 Å². The topological polar surface area (TPSA) is 66.9 Å². The second-order valence-corrected chi connectivity index (χ2v) is 6.89. The van der Waals surface area contributed by atoms with E-state index >= 15 is 0 Å². The van der Waals surface area contributed by atoms with E-state index in [0.717, 1.165) is 5.75 Å². The average Bonchev–Trinajstić information content (AvgIpc) is 2.47. The van der Waals surface area contributed by atoms with Crippen molar-refractivity contribution < 1.29 is 17.9 Å². The van der Waals surface area contributed by atoms with Gasteiger partial charge in [0.1, 0.15) is 5.75 Å². The lowest BCUT2D eigenvalue weighted by Gasteiger charge is -2.33. The van der Waals surface area contributed by atoms with Gasteiger partial charge >= 0.3 is 0 Å². The van der Waals surface area contributed by atoms with Crippen LogP contribution in [0.25, 0.3) is 0 Å². The third-order valence-electron chi connectivity index (χ3n) is 3.41. The third-order valence-corrected chi connectivity index (χ3v) is 4.71. The van der Waals surface area contributed by atoms with Gasteiger partial charge in [-0.3, -0.25) is 4.79 Å². The Morgan fingerprint density at radius 2 is 1.71 bits per heavy atom. The molecule has 1 aliphatic heterocycles. The van der Waals surface area contributed by atoms with Gasteiger partial charge in [-0.1, -0.05) is 0 Å². The first-order valence-corrected chi connectivity index (χ1v) is 8.74. The molecule has 0 aromatic heterocycles. The van der Waals surface area contributed by atoms with Crippen LogP contribution in [0.4, 0.5) is 0 Å². The number of rotatable bonds is 4. The Kier molecular flexibility index (Phi) is 4.84. The van der Waals surface area contributed by atoms with Gasteiger partial charge < -0.3 is 9.64 Å². The van der Waals surface area contributed by atoms with Crippen molar-refractivity contribution in [3.63, 3.8) is 0 Å². The van der Waals surface area contributed by atoms with Gasteiger partial charge in [0.2, 0.25) is 10.0 Å². The van der Waals surface area contributed by atoms with Crippen molar-refractivity contribution in [3.05, 3.63) is 29.8 Å². The molecular formula is C14H20N2O4S. The molecule has 1 aromatic rings. The molecule has 0 bridgehead atoms. The molecule has 2 rings (SSSR count). The van der Waals surface area contributed by atoms with E-state index in [1.165, 1.54) is 10.6 Å². The molecule has 0 unspecified atom stereocenters. The summed E-state index contributed by atoms with van der Waals surface area (Å²) >= 11 is 0. The van der Waals surface area contributed by atoms with E-state index in [9.17, 15) is 13.2 Å². The van der Waals surface area contributed by atoms with Gasteiger partial charge in [0, 0.05) is 31.7 Å². The van der Waals surface area contributed by atoms with Crippen LogP contribution < -0.4 is 4.74 Å². The summed E-state index contributed by atoms with van der Waals surface area (Å²) in [5.74, 6) is 0.655. The van der Waals surface area contributed by atoms with Crippen LogP contribution in [-0.2, 0) is 10.0 Å². The number of nitrogens with zero attached hydrogens (tertiary/aromatic N) is 2. The second kappa shape index (κ2) is 6.44. The van der Waals surface area contributed by atoms with Crippen LogP contribution in [0.1, 0.15) is 17.3 Å². The molecule has 1 amide bonds. The molecule has 7 heteroatoms. The zero-order valence-electron chi connectivity index (χ0n) is 12.3. The highest BCUT2D eigenvalue weighted by Gasteiger charge is 2.26. The summed E-state index contributed by atoms with van der Waals surface area (Å²) in [6, 6.07) is 7.00. The fourth-order valence-electron chi connectivity index (χ4n) is 2.27. The van der Waals surface area contributed by atoms with Gasteiger partial charge in [0.15, 0.2) is 0 Å². The molecular weight excluding hydrogens is 292 g/mol. The Hall–Kier alpha value is -1.60. The van der Waals surface area contributed by atoms with E-state index in [2.05, 4.69) is 0 Å². The van der Waals surface area contributed by atoms with E-state index in [1.807, 2.05) is 6.92 Å². The lowest BCUT2D eigenvalue weighted by atomic mass is 10.2. The molecule has 6 nitrogen and oxygen atoms in total. The minimum absolute atomic E-state index is 0.0776. The molecule has 0 atom stereocenters. The molecule has 0 N–H and O–H groups in total. The normalized spacial score (nSPS) is 16.8. The highest BCUT2D eigenvalue weighted by atomic mass is 32.2. The fourth-order valence-corrected chi connectivity index (χ4v) is 3.09. The van der Waals surface area contributed by atoms with Crippen molar-refractivity contribution >= 4 is 15.9 Å². The molecule has 116 valence electrons. The summed E-state index contributed by atoms with van der Waals surface area (Å²) in [4.78, 5) is 14.0. The Morgan fingerprint density at radius 3 is 2.19 bits per heavy atom. The zero-order valence-corrected chi connectivity index (χ0v) is 13.1. The van der Waals surface area contributed by atoms with Crippen LogP contribution in [-0.4, -0.2) is 62.6 Å². The molecule has 1 fully saturated rings. The lowest BCUT2D eigenvalue weighted by molar-refractivity contribution is 0.0698. The van der Waals surface area contributed by atoms with Crippen LogP contribution in [0.3, 0.4) is 0 Å². The summed E-state index contributed by atoms with van der Waals surface area (Å²) in [7, 11) is -3.17. The maximum atomic E-state index is 12.3. The van der Waals surface area contributed by atoms with Crippen molar-refractivity contribution in [3.8, 4) is 5.75 Å². The number of carbonyl (C=O) groups is 1. The highest BCUT2D eigenvalue weighted by molar-refractivity contribution is 7.88. The predicted molar refractivity (Wildman–Crippen MR) is 79.9 cm³/mol. The maximum absolute atomic E-state index is 12.3. The predicted octanol–water partition coefficient (Wildman–Crippen LogP) is 0.803.